The van der Waals surface area contributed by atoms with Crippen LogP contribution < -0.4 is 11.1 Å². The van der Waals surface area contributed by atoms with Crippen LogP contribution in [0.4, 0.5) is 5.00 Å². The molecule has 4 rings (SSSR count). The molecule has 1 fully saturated rings. The predicted octanol–water partition coefficient (Wildman–Crippen LogP) is 3.56. The van der Waals surface area contributed by atoms with Crippen LogP contribution in [0.25, 0.3) is 0 Å². The molecule has 1 aliphatic carbocycles. The topological polar surface area (TPSA) is 75.4 Å². The fourth-order valence-electron chi connectivity index (χ4n) is 4.08. The number of aryl methyl sites for hydroxylation is 1. The number of hydrogen-bond acceptors (Lipinski definition) is 5. The maximum absolute atomic E-state index is 12.7. The van der Waals surface area contributed by atoms with Crippen molar-refractivity contribution in [3.05, 3.63) is 38.4 Å². The number of carbonyl (C=O) groups is 2. The quantitative estimate of drug-likeness (QED) is 0.821. The molecule has 0 unspecified atom stereocenters. The summed E-state index contributed by atoms with van der Waals surface area (Å²) < 4.78 is 0. The Morgan fingerprint density at radius 2 is 2.12 bits per heavy atom. The summed E-state index contributed by atoms with van der Waals surface area (Å²) >= 11 is 3.27. The van der Waals surface area contributed by atoms with Gasteiger partial charge in [0.1, 0.15) is 5.00 Å². The van der Waals surface area contributed by atoms with E-state index in [1.807, 2.05) is 0 Å². The van der Waals surface area contributed by atoms with Crippen molar-refractivity contribution < 1.29 is 9.59 Å². The Balaban J connectivity index is 1.48. The van der Waals surface area contributed by atoms with Crippen molar-refractivity contribution in [3.63, 3.8) is 0 Å². The number of anilines is 1. The van der Waals surface area contributed by atoms with Crippen LogP contribution >= 0.6 is 22.7 Å². The number of likely N-dealkylation sites (tertiary alicyclic amines) is 1. The molecule has 7 heteroatoms. The number of nitrogens with two attached hydrogens (primary N) is 1. The molecule has 0 radical (unpaired) electrons. The van der Waals surface area contributed by atoms with Gasteiger partial charge in [-0.05, 0) is 62.1 Å². The molecule has 2 amide bonds. The number of primary amides is 1. The highest BCUT2D eigenvalue weighted by atomic mass is 32.1. The van der Waals surface area contributed by atoms with E-state index in [1.54, 1.807) is 11.3 Å². The maximum atomic E-state index is 12.7. The van der Waals surface area contributed by atoms with Gasteiger partial charge in [0.05, 0.1) is 12.1 Å². The Labute approximate surface area is 161 Å². The van der Waals surface area contributed by atoms with E-state index >= 15 is 0 Å². The van der Waals surface area contributed by atoms with Gasteiger partial charge >= 0.3 is 0 Å². The molecule has 3 heterocycles. The summed E-state index contributed by atoms with van der Waals surface area (Å²) in [7, 11) is 0. The largest absolute Gasteiger partial charge is 0.365 e. The maximum Gasteiger partial charge on any atom is 0.251 e. The zero-order valence-corrected chi connectivity index (χ0v) is 16.3. The summed E-state index contributed by atoms with van der Waals surface area (Å²) in [6.45, 7) is 1.28. The van der Waals surface area contributed by atoms with Crippen LogP contribution in [-0.2, 0) is 17.6 Å². The summed E-state index contributed by atoms with van der Waals surface area (Å²) in [4.78, 5) is 29.4. The second-order valence-corrected chi connectivity index (χ2v) is 9.06. The van der Waals surface area contributed by atoms with E-state index in [9.17, 15) is 9.59 Å². The van der Waals surface area contributed by atoms with Crippen LogP contribution in [0.1, 0.15) is 57.4 Å². The molecule has 0 saturated carbocycles. The van der Waals surface area contributed by atoms with Gasteiger partial charge in [0.25, 0.3) is 5.91 Å². The lowest BCUT2D eigenvalue weighted by atomic mass is 9.95. The van der Waals surface area contributed by atoms with Crippen molar-refractivity contribution >= 4 is 39.5 Å². The van der Waals surface area contributed by atoms with Gasteiger partial charge in [-0.25, -0.2) is 0 Å². The third-order valence-corrected chi connectivity index (χ3v) is 7.43. The van der Waals surface area contributed by atoms with Gasteiger partial charge < -0.3 is 11.1 Å². The van der Waals surface area contributed by atoms with Crippen molar-refractivity contribution in [2.45, 2.75) is 44.6 Å². The SMILES string of the molecule is NC(=O)c1c(NC(=O)CN2CCC[C@@H]2c2cccs2)sc2c1CCCC2. The number of thiophene rings is 2. The van der Waals surface area contributed by atoms with Crippen molar-refractivity contribution in [1.29, 1.82) is 0 Å². The summed E-state index contributed by atoms with van der Waals surface area (Å²) in [6.07, 6.45) is 6.27. The Kier molecular flexibility index (Phi) is 5.11. The van der Waals surface area contributed by atoms with Crippen LogP contribution in [0, 0.1) is 0 Å². The molecule has 0 spiro atoms. The third kappa shape index (κ3) is 3.43. The number of fused-ring (bicyclic) bond motifs is 1. The van der Waals surface area contributed by atoms with E-state index in [1.165, 1.54) is 21.1 Å². The van der Waals surface area contributed by atoms with Gasteiger partial charge in [-0.15, -0.1) is 22.7 Å². The standard InChI is InChI=1S/C19H23N3O2S2/c20-18(24)17-12-5-1-2-7-14(12)26-19(17)21-16(23)11-22-9-3-6-13(22)15-8-4-10-25-15/h4,8,10,13H,1-3,5-7,9,11H2,(H2,20,24)(H,21,23)/t13-/m1/s1. The number of amides is 2. The molecule has 1 atom stereocenters. The fourth-order valence-corrected chi connectivity index (χ4v) is 6.29. The zero-order chi connectivity index (χ0) is 18.1. The Hall–Kier alpha value is -1.70. The van der Waals surface area contributed by atoms with E-state index in [-0.39, 0.29) is 5.91 Å². The van der Waals surface area contributed by atoms with Crippen molar-refractivity contribution in [2.75, 3.05) is 18.4 Å². The van der Waals surface area contributed by atoms with Gasteiger partial charge in [-0.3, -0.25) is 14.5 Å². The van der Waals surface area contributed by atoms with Crippen molar-refractivity contribution in [2.24, 2.45) is 5.73 Å². The zero-order valence-electron chi connectivity index (χ0n) is 14.6. The molecule has 2 aromatic heterocycles. The summed E-state index contributed by atoms with van der Waals surface area (Å²) in [6, 6.07) is 4.53. The minimum Gasteiger partial charge on any atom is -0.365 e. The van der Waals surface area contributed by atoms with Crippen LogP contribution in [0.5, 0.6) is 0 Å². The molecule has 0 bridgehead atoms. The number of hydrogen-bond donors (Lipinski definition) is 2. The van der Waals surface area contributed by atoms with Gasteiger partial charge in [-0.1, -0.05) is 6.07 Å². The van der Waals surface area contributed by atoms with E-state index in [0.717, 1.165) is 50.6 Å². The lowest BCUT2D eigenvalue weighted by molar-refractivity contribution is -0.117. The number of carbonyl (C=O) groups excluding carboxylic acids is 2. The summed E-state index contributed by atoms with van der Waals surface area (Å²) in [5, 5.41) is 5.71. The molecule has 2 aliphatic rings. The molecular formula is C19H23N3O2S2. The Morgan fingerprint density at radius 3 is 2.88 bits per heavy atom. The minimum atomic E-state index is -0.433. The van der Waals surface area contributed by atoms with E-state index in [4.69, 9.17) is 5.73 Å². The Morgan fingerprint density at radius 1 is 1.27 bits per heavy atom. The van der Waals surface area contributed by atoms with Crippen molar-refractivity contribution in [1.82, 2.24) is 4.90 Å². The van der Waals surface area contributed by atoms with Crippen LogP contribution in [0.15, 0.2) is 17.5 Å². The second-order valence-electron chi connectivity index (χ2n) is 6.97. The number of nitrogens with zero attached hydrogens (tertiary/aromatic N) is 1. The molecule has 138 valence electrons. The fraction of sp³-hybridized carbons (Fsp3) is 0.474. The van der Waals surface area contributed by atoms with Gasteiger partial charge in [-0.2, -0.15) is 0 Å². The molecule has 5 nitrogen and oxygen atoms in total. The smallest absolute Gasteiger partial charge is 0.251 e. The van der Waals surface area contributed by atoms with Crippen LogP contribution in [-0.4, -0.2) is 29.8 Å². The van der Waals surface area contributed by atoms with Crippen molar-refractivity contribution in [3.8, 4) is 0 Å². The molecule has 2 aromatic rings. The van der Waals surface area contributed by atoms with E-state index in [0.29, 0.717) is 23.2 Å². The Bertz CT molecular complexity index is 813. The first-order chi connectivity index (χ1) is 12.6. The van der Waals surface area contributed by atoms with Gasteiger partial charge in [0.2, 0.25) is 5.91 Å². The van der Waals surface area contributed by atoms with Crippen LogP contribution in [0.2, 0.25) is 0 Å². The second kappa shape index (κ2) is 7.50. The lowest BCUT2D eigenvalue weighted by Crippen LogP contribution is -2.33. The first kappa shape index (κ1) is 17.7. The van der Waals surface area contributed by atoms with E-state index < -0.39 is 5.91 Å². The molecule has 3 N–H and O–H groups in total. The van der Waals surface area contributed by atoms with Gasteiger partial charge in [0.15, 0.2) is 0 Å². The molecule has 26 heavy (non-hydrogen) atoms. The normalized spacial score (nSPS) is 20.1. The highest BCUT2D eigenvalue weighted by molar-refractivity contribution is 7.17. The molecule has 1 aliphatic heterocycles. The minimum absolute atomic E-state index is 0.0606. The first-order valence-corrected chi connectivity index (χ1v) is 10.8. The summed E-state index contributed by atoms with van der Waals surface area (Å²) in [5.74, 6) is -0.494. The van der Waals surface area contributed by atoms with Gasteiger partial charge in [0, 0.05) is 15.8 Å². The molecular weight excluding hydrogens is 366 g/mol. The number of nitrogens with one attached hydrogen (secondary N) is 1. The predicted molar refractivity (Wildman–Crippen MR) is 106 cm³/mol. The molecule has 0 aromatic carbocycles. The number of rotatable bonds is 5. The monoisotopic (exact) mass is 389 g/mol. The average Bonchev–Trinajstić information content (AvgIpc) is 3.33. The lowest BCUT2D eigenvalue weighted by Gasteiger charge is -2.22. The highest BCUT2D eigenvalue weighted by Crippen LogP contribution is 2.38. The third-order valence-electron chi connectivity index (χ3n) is 5.25. The first-order valence-electron chi connectivity index (χ1n) is 9.15. The van der Waals surface area contributed by atoms with E-state index in [2.05, 4.69) is 27.7 Å². The summed E-state index contributed by atoms with van der Waals surface area (Å²) in [5.41, 5.74) is 7.21. The molecule has 1 saturated heterocycles. The highest BCUT2D eigenvalue weighted by Gasteiger charge is 2.29. The average molecular weight is 390 g/mol. The van der Waals surface area contributed by atoms with Crippen LogP contribution in [0.3, 0.4) is 0 Å².